The summed E-state index contributed by atoms with van der Waals surface area (Å²) in [5.41, 5.74) is 2.42. The van der Waals surface area contributed by atoms with Crippen molar-refractivity contribution in [1.82, 2.24) is 0 Å². The average molecular weight is 271 g/mol. The molecule has 5 heteroatoms. The first-order valence-corrected chi connectivity index (χ1v) is 9.54. The van der Waals surface area contributed by atoms with Crippen LogP contribution in [0.3, 0.4) is 0 Å². The predicted molar refractivity (Wildman–Crippen MR) is 76.7 cm³/mol. The largest absolute Gasteiger partial charge is 0.298 e. The third-order valence-corrected chi connectivity index (χ3v) is 4.52. The number of nitrogens with zero attached hydrogens (tertiary/aromatic N) is 1. The zero-order valence-corrected chi connectivity index (χ0v) is 12.5. The summed E-state index contributed by atoms with van der Waals surface area (Å²) >= 11 is 0. The SMILES string of the molecule is CC(=O)C(Cc1ccc(C)cc1)N=PPP. The molecule has 0 saturated carbocycles. The van der Waals surface area contributed by atoms with Crippen LogP contribution in [0.4, 0.5) is 0 Å². The van der Waals surface area contributed by atoms with Crippen LogP contribution < -0.4 is 0 Å². The number of aryl methyl sites for hydroxylation is 1. The van der Waals surface area contributed by atoms with Crippen molar-refractivity contribution in [3.8, 4) is 0 Å². The Morgan fingerprint density at radius 3 is 2.62 bits per heavy atom. The highest BCUT2D eigenvalue weighted by Crippen LogP contribution is 2.37. The third kappa shape index (κ3) is 4.79. The standard InChI is InChI=1S/C11H16NOP3/c1-8-3-5-10(6-4-8)7-11(9(2)13)12-15-16-14/h3-6,11,16H,7,14H2,1-2H3. The number of benzene rings is 1. The lowest BCUT2D eigenvalue weighted by Gasteiger charge is -2.08. The van der Waals surface area contributed by atoms with Crippen LogP contribution >= 0.6 is 24.9 Å². The molecular formula is C11H16NOP3. The molecule has 16 heavy (non-hydrogen) atoms. The summed E-state index contributed by atoms with van der Waals surface area (Å²) < 4.78 is 4.37. The minimum atomic E-state index is -0.183. The Labute approximate surface area is 102 Å². The lowest BCUT2D eigenvalue weighted by Crippen LogP contribution is -2.17. The second-order valence-electron chi connectivity index (χ2n) is 3.66. The lowest BCUT2D eigenvalue weighted by molar-refractivity contribution is -0.118. The van der Waals surface area contributed by atoms with Crippen LogP contribution in [0.2, 0.25) is 0 Å². The highest BCUT2D eigenvalue weighted by Gasteiger charge is 2.12. The zero-order valence-electron chi connectivity index (χ0n) is 9.47. The molecule has 0 spiro atoms. The number of ketones is 1. The maximum Gasteiger partial charge on any atom is 0.154 e. The van der Waals surface area contributed by atoms with Crippen molar-refractivity contribution in [2.75, 3.05) is 0 Å². The quantitative estimate of drug-likeness (QED) is 0.744. The van der Waals surface area contributed by atoms with E-state index >= 15 is 0 Å². The maximum atomic E-state index is 11.4. The summed E-state index contributed by atoms with van der Waals surface area (Å²) in [7, 11) is 4.31. The van der Waals surface area contributed by atoms with Gasteiger partial charge in [0, 0.05) is 14.5 Å². The highest BCUT2D eigenvalue weighted by molar-refractivity contribution is 8.36. The molecule has 86 valence electrons. The van der Waals surface area contributed by atoms with Crippen LogP contribution in [0.25, 0.3) is 0 Å². The van der Waals surface area contributed by atoms with Crippen molar-refractivity contribution in [2.45, 2.75) is 26.3 Å². The van der Waals surface area contributed by atoms with Crippen LogP contribution in [-0.2, 0) is 11.2 Å². The topological polar surface area (TPSA) is 29.4 Å². The number of carbonyl (C=O) groups excluding carboxylic acids is 1. The molecule has 2 nitrogen and oxygen atoms in total. The van der Waals surface area contributed by atoms with Gasteiger partial charge >= 0.3 is 0 Å². The fraction of sp³-hybridized carbons (Fsp3) is 0.364. The van der Waals surface area contributed by atoms with Crippen LogP contribution in [0, 0.1) is 6.92 Å². The predicted octanol–water partition coefficient (Wildman–Crippen LogP) is 4.01. The fourth-order valence-corrected chi connectivity index (χ4v) is 2.98. The number of carbonyl (C=O) groups is 1. The van der Waals surface area contributed by atoms with Gasteiger partial charge in [0.25, 0.3) is 0 Å². The molecule has 0 aliphatic heterocycles. The Morgan fingerprint density at radius 2 is 2.12 bits per heavy atom. The van der Waals surface area contributed by atoms with E-state index in [9.17, 15) is 4.79 Å². The van der Waals surface area contributed by atoms with Gasteiger partial charge in [0.15, 0.2) is 5.78 Å². The Hall–Kier alpha value is -0.150. The fourth-order valence-electron chi connectivity index (χ4n) is 1.32. The van der Waals surface area contributed by atoms with Gasteiger partial charge in [-0.3, -0.25) is 9.54 Å². The molecule has 3 unspecified atom stereocenters. The van der Waals surface area contributed by atoms with Gasteiger partial charge in [0.2, 0.25) is 0 Å². The van der Waals surface area contributed by atoms with Crippen molar-refractivity contribution in [1.29, 1.82) is 0 Å². The van der Waals surface area contributed by atoms with E-state index in [1.807, 2.05) is 0 Å². The maximum absolute atomic E-state index is 11.4. The summed E-state index contributed by atoms with van der Waals surface area (Å²) in [6, 6.07) is 8.10. The van der Waals surface area contributed by atoms with Crippen molar-refractivity contribution in [3.63, 3.8) is 0 Å². The molecule has 1 rings (SSSR count). The summed E-state index contributed by atoms with van der Waals surface area (Å²) in [6.45, 7) is 3.68. The van der Waals surface area contributed by atoms with Crippen LogP contribution in [0.1, 0.15) is 18.1 Å². The Balaban J connectivity index is 2.71. The van der Waals surface area contributed by atoms with Crippen molar-refractivity contribution >= 4 is 30.7 Å². The second kappa shape index (κ2) is 7.23. The van der Waals surface area contributed by atoms with Gasteiger partial charge in [-0.2, -0.15) is 0 Å². The third-order valence-electron chi connectivity index (χ3n) is 2.27. The normalized spacial score (nSPS) is 13.7. The molecule has 0 amide bonds. The Morgan fingerprint density at radius 1 is 1.50 bits per heavy atom. The number of hydrogen-bond acceptors (Lipinski definition) is 2. The first-order chi connectivity index (χ1) is 7.63. The van der Waals surface area contributed by atoms with Crippen LogP contribution in [0.15, 0.2) is 29.0 Å². The van der Waals surface area contributed by atoms with E-state index < -0.39 is 0 Å². The summed E-state index contributed by atoms with van der Waals surface area (Å²) in [6.07, 6.45) is 0.720. The summed E-state index contributed by atoms with van der Waals surface area (Å²) in [5, 5.41) is 0. The molecule has 0 saturated heterocycles. The van der Waals surface area contributed by atoms with E-state index in [1.165, 1.54) is 11.1 Å². The van der Waals surface area contributed by atoms with Gasteiger partial charge in [-0.1, -0.05) is 29.8 Å². The Kier molecular flexibility index (Phi) is 6.29. The molecule has 1 aromatic rings. The van der Waals surface area contributed by atoms with E-state index in [0.29, 0.717) is 7.96 Å². The van der Waals surface area contributed by atoms with E-state index in [-0.39, 0.29) is 11.8 Å². The van der Waals surface area contributed by atoms with Crippen molar-refractivity contribution in [3.05, 3.63) is 35.4 Å². The molecule has 0 aromatic heterocycles. The molecule has 0 heterocycles. The second-order valence-corrected chi connectivity index (χ2v) is 8.05. The lowest BCUT2D eigenvalue weighted by atomic mass is 10.0. The first-order valence-electron chi connectivity index (χ1n) is 5.05. The average Bonchev–Trinajstić information content (AvgIpc) is 2.26. The zero-order chi connectivity index (χ0) is 12.0. The minimum absolute atomic E-state index is 0.149. The molecule has 0 fully saturated rings. The van der Waals surface area contributed by atoms with Gasteiger partial charge < -0.3 is 0 Å². The van der Waals surface area contributed by atoms with Crippen LogP contribution in [-0.4, -0.2) is 11.8 Å². The van der Waals surface area contributed by atoms with E-state index in [4.69, 9.17) is 0 Å². The van der Waals surface area contributed by atoms with E-state index in [1.54, 1.807) is 6.92 Å². The van der Waals surface area contributed by atoms with Gasteiger partial charge in [-0.25, -0.2) is 0 Å². The van der Waals surface area contributed by atoms with Gasteiger partial charge in [0.05, 0.1) is 0 Å². The number of hydrogen-bond donors (Lipinski definition) is 0. The molecule has 3 atom stereocenters. The van der Waals surface area contributed by atoms with Crippen molar-refractivity contribution in [2.24, 2.45) is 4.74 Å². The molecule has 1 aromatic carbocycles. The van der Waals surface area contributed by atoms with E-state index in [0.717, 1.165) is 14.5 Å². The molecule has 0 radical (unpaired) electrons. The van der Waals surface area contributed by atoms with Crippen molar-refractivity contribution < 1.29 is 4.79 Å². The van der Waals surface area contributed by atoms with Gasteiger partial charge in [-0.05, 0) is 27.4 Å². The smallest absolute Gasteiger partial charge is 0.154 e. The molecule has 0 N–H and O–H groups in total. The summed E-state index contributed by atoms with van der Waals surface area (Å²) in [5.74, 6) is 0.149. The summed E-state index contributed by atoms with van der Waals surface area (Å²) in [4.78, 5) is 11.4. The number of rotatable bonds is 5. The minimum Gasteiger partial charge on any atom is -0.298 e. The number of Topliss-reactive ketones (excluding diaryl/α,β-unsaturated/α-hetero) is 1. The first kappa shape index (κ1) is 13.9. The monoisotopic (exact) mass is 271 g/mol. The molecular weight excluding hydrogens is 255 g/mol. The molecule has 0 aliphatic carbocycles. The molecule has 0 aliphatic rings. The highest BCUT2D eigenvalue weighted by atomic mass is 32.4. The van der Waals surface area contributed by atoms with E-state index in [2.05, 4.69) is 44.9 Å². The Bertz CT molecular complexity index is 375. The van der Waals surface area contributed by atoms with Crippen LogP contribution in [0.5, 0.6) is 0 Å². The van der Waals surface area contributed by atoms with Gasteiger partial charge in [-0.15, -0.1) is 8.93 Å². The van der Waals surface area contributed by atoms with Gasteiger partial charge in [0.1, 0.15) is 6.04 Å². The molecule has 0 bridgehead atoms.